The molecule has 0 radical (unpaired) electrons. The van der Waals surface area contributed by atoms with Crippen LogP contribution in [0.25, 0.3) is 11.0 Å². The molecule has 0 aliphatic heterocycles. The molecule has 1 aromatic carbocycles. The zero-order chi connectivity index (χ0) is 14.2. The summed E-state index contributed by atoms with van der Waals surface area (Å²) >= 11 is 3.44. The maximum absolute atomic E-state index is 11.7. The van der Waals surface area contributed by atoms with Gasteiger partial charge in [0.2, 0.25) is 5.95 Å². The fraction of sp³-hybridized carbons (Fsp3) is 0.385. The topological polar surface area (TPSA) is 56.2 Å². The Morgan fingerprint density at radius 3 is 2.68 bits per heavy atom. The molecular weight excluding hydrogens is 310 g/mol. The minimum atomic E-state index is -0.532. The Morgan fingerprint density at radius 1 is 1.42 bits per heavy atom. The van der Waals surface area contributed by atoms with Crippen molar-refractivity contribution in [1.29, 1.82) is 0 Å². The van der Waals surface area contributed by atoms with E-state index in [0.717, 1.165) is 15.5 Å². The highest BCUT2D eigenvalue weighted by Gasteiger charge is 2.18. The number of ether oxygens (including phenoxy) is 1. The monoisotopic (exact) mass is 325 g/mol. The van der Waals surface area contributed by atoms with Gasteiger partial charge in [-0.2, -0.15) is 0 Å². The third-order valence-electron chi connectivity index (χ3n) is 2.48. The van der Waals surface area contributed by atoms with E-state index in [1.165, 1.54) is 0 Å². The Kier molecular flexibility index (Phi) is 3.54. The van der Waals surface area contributed by atoms with E-state index < -0.39 is 11.7 Å². The van der Waals surface area contributed by atoms with Crippen LogP contribution in [-0.4, -0.2) is 21.2 Å². The first-order valence-corrected chi connectivity index (χ1v) is 6.68. The molecule has 102 valence electrons. The summed E-state index contributed by atoms with van der Waals surface area (Å²) in [6, 6.07) is 5.77. The van der Waals surface area contributed by atoms with Gasteiger partial charge in [0.05, 0.1) is 5.52 Å². The van der Waals surface area contributed by atoms with Crippen molar-refractivity contribution in [3.05, 3.63) is 22.7 Å². The van der Waals surface area contributed by atoms with Crippen molar-refractivity contribution in [3.8, 4) is 0 Å². The zero-order valence-corrected chi connectivity index (χ0v) is 12.9. The summed E-state index contributed by atoms with van der Waals surface area (Å²) in [5.41, 5.74) is 1.20. The van der Waals surface area contributed by atoms with Gasteiger partial charge >= 0.3 is 6.09 Å². The molecule has 0 spiro atoms. The lowest BCUT2D eigenvalue weighted by atomic mass is 10.2. The van der Waals surface area contributed by atoms with E-state index in [1.54, 1.807) is 0 Å². The molecule has 5 nitrogen and oxygen atoms in total. The molecule has 0 aliphatic rings. The predicted molar refractivity (Wildman–Crippen MR) is 78.3 cm³/mol. The molecule has 2 aromatic rings. The van der Waals surface area contributed by atoms with Crippen LogP contribution < -0.4 is 5.32 Å². The van der Waals surface area contributed by atoms with Crippen molar-refractivity contribution in [2.45, 2.75) is 26.4 Å². The van der Waals surface area contributed by atoms with Crippen LogP contribution in [-0.2, 0) is 11.8 Å². The fourth-order valence-electron chi connectivity index (χ4n) is 1.69. The van der Waals surface area contributed by atoms with Crippen LogP contribution in [0.3, 0.4) is 0 Å². The van der Waals surface area contributed by atoms with Crippen LogP contribution in [0.15, 0.2) is 22.7 Å². The first-order chi connectivity index (χ1) is 8.78. The predicted octanol–water partition coefficient (Wildman–Crippen LogP) is 3.68. The molecule has 0 saturated carbocycles. The Labute approximate surface area is 120 Å². The maximum Gasteiger partial charge on any atom is 0.414 e. The molecule has 0 fully saturated rings. The number of anilines is 1. The fourth-order valence-corrected chi connectivity index (χ4v) is 2.13. The van der Waals surface area contributed by atoms with Gasteiger partial charge in [0.1, 0.15) is 11.1 Å². The Hall–Kier alpha value is -1.56. The molecule has 19 heavy (non-hydrogen) atoms. The average molecular weight is 326 g/mol. The number of hydrogen-bond donors (Lipinski definition) is 1. The molecular formula is C13H16BrN3O2. The van der Waals surface area contributed by atoms with Gasteiger partial charge in [0, 0.05) is 11.5 Å². The zero-order valence-electron chi connectivity index (χ0n) is 11.3. The molecule has 1 heterocycles. The van der Waals surface area contributed by atoms with Gasteiger partial charge in [0.15, 0.2) is 0 Å². The van der Waals surface area contributed by atoms with Crippen molar-refractivity contribution >= 4 is 39.0 Å². The number of para-hydroxylation sites is 1. The molecule has 0 saturated heterocycles. The number of fused-ring (bicyclic) bond motifs is 1. The first kappa shape index (κ1) is 13.9. The van der Waals surface area contributed by atoms with Crippen LogP contribution >= 0.6 is 15.9 Å². The maximum atomic E-state index is 11.7. The number of amides is 1. The van der Waals surface area contributed by atoms with Crippen molar-refractivity contribution in [1.82, 2.24) is 9.55 Å². The van der Waals surface area contributed by atoms with Crippen LogP contribution in [0.4, 0.5) is 10.7 Å². The van der Waals surface area contributed by atoms with Crippen molar-refractivity contribution in [3.63, 3.8) is 0 Å². The van der Waals surface area contributed by atoms with Gasteiger partial charge in [-0.25, -0.2) is 9.78 Å². The summed E-state index contributed by atoms with van der Waals surface area (Å²) in [4.78, 5) is 16.1. The van der Waals surface area contributed by atoms with Crippen molar-refractivity contribution < 1.29 is 9.53 Å². The Balaban J connectivity index is 2.29. The van der Waals surface area contributed by atoms with Crippen LogP contribution in [0.2, 0.25) is 0 Å². The second-order valence-electron chi connectivity index (χ2n) is 5.23. The number of nitrogens with one attached hydrogen (secondary N) is 1. The summed E-state index contributed by atoms with van der Waals surface area (Å²) < 4.78 is 7.90. The highest BCUT2D eigenvalue weighted by atomic mass is 79.9. The van der Waals surface area contributed by atoms with Crippen LogP contribution in [0, 0.1) is 0 Å². The molecule has 0 atom stereocenters. The Morgan fingerprint density at radius 2 is 2.11 bits per heavy atom. The summed E-state index contributed by atoms with van der Waals surface area (Å²) in [5, 5.41) is 2.65. The van der Waals surface area contributed by atoms with Gasteiger partial charge in [-0.15, -0.1) is 0 Å². The number of hydrogen-bond acceptors (Lipinski definition) is 3. The number of nitrogens with zero attached hydrogens (tertiary/aromatic N) is 2. The lowest BCUT2D eigenvalue weighted by molar-refractivity contribution is 0.0634. The minimum absolute atomic E-state index is 0.455. The standard InChI is InChI=1S/C13H16BrN3O2/c1-13(2,3)19-12(18)16-11-15-10-8(14)6-5-7-9(10)17(11)4/h5-7H,1-4H3,(H,15,16,18). The third kappa shape index (κ3) is 3.07. The molecule has 1 aromatic heterocycles. The normalized spacial score (nSPS) is 11.6. The number of aryl methyl sites for hydroxylation is 1. The Bertz CT molecular complexity index is 629. The number of halogens is 1. The van der Waals surface area contributed by atoms with Crippen LogP contribution in [0.5, 0.6) is 0 Å². The molecule has 1 amide bonds. The second kappa shape index (κ2) is 4.85. The van der Waals surface area contributed by atoms with E-state index in [2.05, 4.69) is 26.2 Å². The van der Waals surface area contributed by atoms with Gasteiger partial charge < -0.3 is 9.30 Å². The van der Waals surface area contributed by atoms with Crippen molar-refractivity contribution in [2.75, 3.05) is 5.32 Å². The molecule has 0 unspecified atom stereocenters. The summed E-state index contributed by atoms with van der Waals surface area (Å²) in [5.74, 6) is 0.455. The molecule has 2 rings (SSSR count). The van der Waals surface area contributed by atoms with E-state index in [9.17, 15) is 4.79 Å². The van der Waals surface area contributed by atoms with Gasteiger partial charge in [-0.3, -0.25) is 5.32 Å². The van der Waals surface area contributed by atoms with E-state index >= 15 is 0 Å². The van der Waals surface area contributed by atoms with E-state index in [4.69, 9.17) is 4.74 Å². The molecule has 0 bridgehead atoms. The molecule has 0 aliphatic carbocycles. The first-order valence-electron chi connectivity index (χ1n) is 5.89. The smallest absolute Gasteiger partial charge is 0.414 e. The number of rotatable bonds is 1. The van der Waals surface area contributed by atoms with E-state index in [0.29, 0.717) is 5.95 Å². The van der Waals surface area contributed by atoms with Gasteiger partial charge in [-0.05, 0) is 48.8 Å². The number of aromatic nitrogens is 2. The van der Waals surface area contributed by atoms with E-state index in [1.807, 2.05) is 50.6 Å². The number of benzene rings is 1. The summed E-state index contributed by atoms with van der Waals surface area (Å²) in [7, 11) is 1.84. The largest absolute Gasteiger partial charge is 0.444 e. The number of imidazole rings is 1. The highest BCUT2D eigenvalue weighted by molar-refractivity contribution is 9.10. The third-order valence-corrected chi connectivity index (χ3v) is 3.11. The van der Waals surface area contributed by atoms with Crippen LogP contribution in [0.1, 0.15) is 20.8 Å². The number of carbonyl (C=O) groups is 1. The quantitative estimate of drug-likeness (QED) is 0.870. The average Bonchev–Trinajstić information content (AvgIpc) is 2.56. The SMILES string of the molecule is Cn1c(NC(=O)OC(C)(C)C)nc2c(Br)cccc21. The highest BCUT2D eigenvalue weighted by Crippen LogP contribution is 2.25. The molecule has 1 N–H and O–H groups in total. The lowest BCUT2D eigenvalue weighted by Gasteiger charge is -2.19. The summed E-state index contributed by atoms with van der Waals surface area (Å²) in [6.45, 7) is 5.45. The second-order valence-corrected chi connectivity index (χ2v) is 6.08. The molecule has 6 heteroatoms. The minimum Gasteiger partial charge on any atom is -0.444 e. The summed E-state index contributed by atoms with van der Waals surface area (Å²) in [6.07, 6.45) is -0.512. The van der Waals surface area contributed by atoms with Crippen molar-refractivity contribution in [2.24, 2.45) is 7.05 Å². The number of carbonyl (C=O) groups excluding carboxylic acids is 1. The van der Waals surface area contributed by atoms with E-state index in [-0.39, 0.29) is 0 Å². The van der Waals surface area contributed by atoms with Gasteiger partial charge in [-0.1, -0.05) is 6.07 Å². The van der Waals surface area contributed by atoms with Gasteiger partial charge in [0.25, 0.3) is 0 Å². The lowest BCUT2D eigenvalue weighted by Crippen LogP contribution is -2.28.